The maximum absolute atomic E-state index is 11.7. The third kappa shape index (κ3) is 5.72. The number of thiazole rings is 1. The van der Waals surface area contributed by atoms with Crippen molar-refractivity contribution < 1.29 is 37.5 Å². The van der Waals surface area contributed by atoms with E-state index in [1.165, 1.54) is 5.38 Å². The summed E-state index contributed by atoms with van der Waals surface area (Å²) in [5.74, 6) is -1.24. The molecular weight excluding hydrogens is 221 g/mol. The van der Waals surface area contributed by atoms with Crippen LogP contribution in [0, 0.1) is 0 Å². The Morgan fingerprint density at radius 3 is 2.87 bits per heavy atom. The number of anilines is 1. The van der Waals surface area contributed by atoms with Gasteiger partial charge in [-0.2, -0.15) is 0 Å². The van der Waals surface area contributed by atoms with E-state index in [1.807, 2.05) is 0 Å². The number of halogens is 2. The second-order valence-corrected chi connectivity index (χ2v) is 3.32. The molecule has 1 heterocycles. The number of hydrogen-bond donors (Lipinski definition) is 1. The molecule has 0 aliphatic rings. The number of carboxylic acids is 1. The van der Waals surface area contributed by atoms with E-state index in [2.05, 4.69) is 10.3 Å². The summed E-state index contributed by atoms with van der Waals surface area (Å²) >= 11 is 1.09. The number of rotatable bonds is 5. The van der Waals surface area contributed by atoms with E-state index in [4.69, 9.17) is 0 Å². The molecule has 1 rings (SSSR count). The van der Waals surface area contributed by atoms with Gasteiger partial charge in [0.15, 0.2) is 5.13 Å². The van der Waals surface area contributed by atoms with Crippen LogP contribution in [0.2, 0.25) is 0 Å². The molecule has 0 aliphatic carbocycles. The van der Waals surface area contributed by atoms with Crippen LogP contribution in [0.4, 0.5) is 13.9 Å². The van der Waals surface area contributed by atoms with Gasteiger partial charge in [-0.1, -0.05) is 0 Å². The second-order valence-electron chi connectivity index (χ2n) is 2.46. The Hall–Kier alpha value is -0.643. The second kappa shape index (κ2) is 6.77. The van der Waals surface area contributed by atoms with Crippen LogP contribution in [-0.2, 0) is 11.2 Å². The number of nitrogens with one attached hydrogen (secondary N) is 1. The van der Waals surface area contributed by atoms with E-state index in [1.54, 1.807) is 0 Å². The molecule has 1 aromatic rings. The van der Waals surface area contributed by atoms with E-state index in [0.29, 0.717) is 10.8 Å². The van der Waals surface area contributed by atoms with Gasteiger partial charge < -0.3 is 15.2 Å². The van der Waals surface area contributed by atoms with Gasteiger partial charge in [-0.15, -0.1) is 11.3 Å². The Morgan fingerprint density at radius 2 is 2.33 bits per heavy atom. The Labute approximate surface area is 101 Å². The molecule has 0 fully saturated rings. The van der Waals surface area contributed by atoms with Crippen LogP contribution in [0.5, 0.6) is 0 Å². The van der Waals surface area contributed by atoms with Crippen LogP contribution >= 0.6 is 11.3 Å². The molecule has 0 aromatic carbocycles. The summed E-state index contributed by atoms with van der Waals surface area (Å²) < 4.78 is 23.5. The topological polar surface area (TPSA) is 65.0 Å². The largest absolute Gasteiger partial charge is 1.00 e. The first-order chi connectivity index (χ1) is 6.58. The van der Waals surface area contributed by atoms with Crippen LogP contribution in [0.1, 0.15) is 5.69 Å². The Morgan fingerprint density at radius 1 is 1.67 bits per heavy atom. The van der Waals surface area contributed by atoms with Gasteiger partial charge in [0, 0.05) is 17.8 Å². The maximum Gasteiger partial charge on any atom is 1.00 e. The van der Waals surface area contributed by atoms with E-state index in [-0.39, 0.29) is 25.3 Å². The minimum Gasteiger partial charge on any atom is -0.550 e. The molecule has 0 bridgehead atoms. The minimum atomic E-state index is -2.46. The standard InChI is InChI=1S/C7H8F2N2O2S.Li/c8-5(9)2-10-7-11-4(3-14-7)1-6(12)13;/h3,5H,1-2H2,(H,10,11)(H,12,13);/q;+1/p-1. The van der Waals surface area contributed by atoms with Crippen molar-refractivity contribution >= 4 is 22.4 Å². The smallest absolute Gasteiger partial charge is 0.550 e. The SMILES string of the molecule is O=C([O-])Cc1csc(NCC(F)F)n1.[Li+]. The molecule has 0 aliphatic heterocycles. The summed E-state index contributed by atoms with van der Waals surface area (Å²) in [6.45, 7) is -0.488. The van der Waals surface area contributed by atoms with Crippen molar-refractivity contribution in [2.24, 2.45) is 0 Å². The first-order valence-corrected chi connectivity index (χ1v) is 4.62. The normalized spacial score (nSPS) is 9.80. The van der Waals surface area contributed by atoms with E-state index in [9.17, 15) is 18.7 Å². The minimum absolute atomic E-state index is 0. The van der Waals surface area contributed by atoms with Crippen molar-refractivity contribution in [1.29, 1.82) is 0 Å². The van der Waals surface area contributed by atoms with Gasteiger partial charge >= 0.3 is 18.9 Å². The van der Waals surface area contributed by atoms with Gasteiger partial charge in [0.05, 0.1) is 12.2 Å². The molecule has 0 spiro atoms. The average molecular weight is 228 g/mol. The zero-order valence-electron chi connectivity index (χ0n) is 8.00. The zero-order valence-corrected chi connectivity index (χ0v) is 8.81. The summed E-state index contributed by atoms with van der Waals surface area (Å²) in [4.78, 5) is 13.9. The van der Waals surface area contributed by atoms with E-state index < -0.39 is 18.9 Å². The zero-order chi connectivity index (χ0) is 10.6. The number of hydrogen-bond acceptors (Lipinski definition) is 5. The number of aliphatic carboxylic acids is 1. The molecule has 78 valence electrons. The van der Waals surface area contributed by atoms with Gasteiger partial charge in [-0.3, -0.25) is 0 Å². The monoisotopic (exact) mass is 228 g/mol. The number of carboxylic acid groups (broad SMARTS) is 1. The quantitative estimate of drug-likeness (QED) is 0.550. The third-order valence-electron chi connectivity index (χ3n) is 1.28. The molecule has 0 saturated carbocycles. The number of nitrogens with zero attached hydrogens (tertiary/aromatic N) is 1. The van der Waals surface area contributed by atoms with Crippen molar-refractivity contribution in [3.8, 4) is 0 Å². The van der Waals surface area contributed by atoms with Crippen LogP contribution in [-0.4, -0.2) is 23.9 Å². The molecule has 1 N–H and O–H groups in total. The Balaban J connectivity index is 0.00000196. The Bertz CT molecular complexity index is 322. The molecule has 0 saturated heterocycles. The molecule has 1 aromatic heterocycles. The number of alkyl halides is 2. The number of carbonyl (C=O) groups excluding carboxylic acids is 1. The van der Waals surface area contributed by atoms with Crippen molar-refractivity contribution in [2.75, 3.05) is 11.9 Å². The molecule has 0 unspecified atom stereocenters. The van der Waals surface area contributed by atoms with Gasteiger partial charge in [-0.05, 0) is 0 Å². The van der Waals surface area contributed by atoms with Crippen LogP contribution in [0.25, 0.3) is 0 Å². The number of carbonyl (C=O) groups is 1. The summed E-state index contributed by atoms with van der Waals surface area (Å²) in [6.07, 6.45) is -2.75. The fourth-order valence-corrected chi connectivity index (χ4v) is 1.50. The fraction of sp³-hybridized carbons (Fsp3) is 0.429. The molecule has 0 atom stereocenters. The maximum atomic E-state index is 11.7. The molecule has 15 heavy (non-hydrogen) atoms. The van der Waals surface area contributed by atoms with Crippen molar-refractivity contribution in [1.82, 2.24) is 4.98 Å². The van der Waals surface area contributed by atoms with Crippen molar-refractivity contribution in [2.45, 2.75) is 12.8 Å². The molecule has 0 radical (unpaired) electrons. The van der Waals surface area contributed by atoms with E-state index in [0.717, 1.165) is 11.3 Å². The first kappa shape index (κ1) is 14.4. The third-order valence-corrected chi connectivity index (χ3v) is 2.13. The predicted octanol–water partition coefficient (Wildman–Crippen LogP) is -2.88. The molecular formula is C7H7F2LiN2O2S. The summed E-state index contributed by atoms with van der Waals surface area (Å²) in [5.41, 5.74) is 0.312. The first-order valence-electron chi connectivity index (χ1n) is 3.74. The fourth-order valence-electron chi connectivity index (χ4n) is 0.782. The molecule has 8 heteroatoms. The average Bonchev–Trinajstić information content (AvgIpc) is 2.47. The molecule has 0 amide bonds. The van der Waals surface area contributed by atoms with Gasteiger partial charge in [-0.25, -0.2) is 13.8 Å². The van der Waals surface area contributed by atoms with Gasteiger partial charge in [0.2, 0.25) is 0 Å². The predicted molar refractivity (Wildman–Crippen MR) is 45.3 cm³/mol. The van der Waals surface area contributed by atoms with E-state index >= 15 is 0 Å². The molecule has 4 nitrogen and oxygen atoms in total. The van der Waals surface area contributed by atoms with Gasteiger partial charge in [0.1, 0.15) is 0 Å². The van der Waals surface area contributed by atoms with Crippen LogP contribution < -0.4 is 29.3 Å². The van der Waals surface area contributed by atoms with Gasteiger partial charge in [0.25, 0.3) is 6.43 Å². The van der Waals surface area contributed by atoms with Crippen LogP contribution in [0.15, 0.2) is 5.38 Å². The summed E-state index contributed by atoms with van der Waals surface area (Å²) in [6, 6.07) is 0. The van der Waals surface area contributed by atoms with Crippen molar-refractivity contribution in [3.63, 3.8) is 0 Å². The van der Waals surface area contributed by atoms with Crippen LogP contribution in [0.3, 0.4) is 0 Å². The number of aromatic nitrogens is 1. The summed E-state index contributed by atoms with van der Waals surface area (Å²) in [5, 5.41) is 14.3. The van der Waals surface area contributed by atoms with Crippen molar-refractivity contribution in [3.05, 3.63) is 11.1 Å². The summed E-state index contributed by atoms with van der Waals surface area (Å²) in [7, 11) is 0. The Kier molecular flexibility index (Phi) is 6.48.